The number of carboxylic acids is 2. The zero-order valence-electron chi connectivity index (χ0n) is 10.1. The molecule has 0 aliphatic carbocycles. The van der Waals surface area contributed by atoms with Gasteiger partial charge in [0.05, 0.1) is 0 Å². The molecular formula is C11H15BrN2O5. The molecule has 0 aromatic carbocycles. The maximum absolute atomic E-state index is 9.55. The van der Waals surface area contributed by atoms with Crippen molar-refractivity contribution in [2.24, 2.45) is 5.16 Å². The molecule has 1 fully saturated rings. The van der Waals surface area contributed by atoms with Crippen molar-refractivity contribution in [1.82, 2.24) is 5.32 Å². The molecule has 0 aromatic heterocycles. The Morgan fingerprint density at radius 1 is 1.37 bits per heavy atom. The first-order valence-corrected chi connectivity index (χ1v) is 6.54. The van der Waals surface area contributed by atoms with Crippen LogP contribution in [0, 0.1) is 0 Å². The van der Waals surface area contributed by atoms with Crippen molar-refractivity contribution in [3.05, 3.63) is 12.2 Å². The molecule has 0 spiro atoms. The molecule has 2 aliphatic rings. The molecule has 2 heterocycles. The number of nitrogens with one attached hydrogen (secondary N) is 1. The third-order valence-electron chi connectivity index (χ3n) is 2.57. The van der Waals surface area contributed by atoms with E-state index in [1.165, 1.54) is 12.8 Å². The minimum atomic E-state index is -1.26. The van der Waals surface area contributed by atoms with Gasteiger partial charge in [-0.1, -0.05) is 5.16 Å². The highest BCUT2D eigenvalue weighted by Gasteiger charge is 2.30. The van der Waals surface area contributed by atoms with Crippen LogP contribution >= 0.6 is 15.9 Å². The molecule has 7 nitrogen and oxygen atoms in total. The number of halogens is 1. The molecule has 2 rings (SSSR count). The Kier molecular flexibility index (Phi) is 6.51. The molecule has 0 unspecified atom stereocenters. The van der Waals surface area contributed by atoms with E-state index < -0.39 is 11.9 Å². The Bertz CT molecular complexity index is 375. The van der Waals surface area contributed by atoms with E-state index in [1.807, 2.05) is 0 Å². The zero-order chi connectivity index (χ0) is 14.3. The van der Waals surface area contributed by atoms with Crippen LogP contribution in [-0.2, 0) is 14.4 Å². The molecule has 2 aliphatic heterocycles. The Hall–Kier alpha value is -1.41. The molecule has 106 valence electrons. The molecule has 0 bridgehead atoms. The highest BCUT2D eigenvalue weighted by atomic mass is 79.9. The van der Waals surface area contributed by atoms with Crippen LogP contribution in [0.2, 0.25) is 0 Å². The Morgan fingerprint density at radius 2 is 2.00 bits per heavy atom. The second kappa shape index (κ2) is 7.90. The number of aliphatic carboxylic acids is 2. The summed E-state index contributed by atoms with van der Waals surface area (Å²) < 4.78 is 0.941. The van der Waals surface area contributed by atoms with Crippen LogP contribution in [0.25, 0.3) is 0 Å². The van der Waals surface area contributed by atoms with Gasteiger partial charge < -0.3 is 20.4 Å². The third-order valence-corrected chi connectivity index (χ3v) is 3.04. The lowest BCUT2D eigenvalue weighted by molar-refractivity contribution is -0.134. The predicted molar refractivity (Wildman–Crippen MR) is 71.3 cm³/mol. The summed E-state index contributed by atoms with van der Waals surface area (Å²) in [7, 11) is 0. The first-order chi connectivity index (χ1) is 8.99. The first kappa shape index (κ1) is 15.6. The summed E-state index contributed by atoms with van der Waals surface area (Å²) in [6.07, 6.45) is 4.80. The van der Waals surface area contributed by atoms with E-state index in [-0.39, 0.29) is 6.10 Å². The molecule has 19 heavy (non-hydrogen) atoms. The smallest absolute Gasteiger partial charge is 0.328 e. The maximum atomic E-state index is 9.55. The summed E-state index contributed by atoms with van der Waals surface area (Å²) in [5.41, 5.74) is 0. The lowest BCUT2D eigenvalue weighted by atomic mass is 10.1. The molecule has 2 atom stereocenters. The lowest BCUT2D eigenvalue weighted by Crippen LogP contribution is -2.34. The van der Waals surface area contributed by atoms with Gasteiger partial charge in [-0.15, -0.1) is 0 Å². The summed E-state index contributed by atoms with van der Waals surface area (Å²) in [4.78, 5) is 24.3. The van der Waals surface area contributed by atoms with E-state index in [2.05, 4.69) is 26.4 Å². The van der Waals surface area contributed by atoms with E-state index >= 15 is 0 Å². The minimum absolute atomic E-state index is 0.270. The summed E-state index contributed by atoms with van der Waals surface area (Å²) in [5, 5.41) is 22.9. The number of nitrogens with zero attached hydrogens (tertiary/aromatic N) is 1. The summed E-state index contributed by atoms with van der Waals surface area (Å²) in [6, 6.07) is 0.522. The quantitative estimate of drug-likeness (QED) is 0.663. The molecule has 0 saturated carbocycles. The molecular weight excluding hydrogens is 320 g/mol. The van der Waals surface area contributed by atoms with Gasteiger partial charge in [-0.25, -0.2) is 9.59 Å². The molecule has 8 heteroatoms. The van der Waals surface area contributed by atoms with E-state index in [4.69, 9.17) is 15.1 Å². The summed E-state index contributed by atoms with van der Waals surface area (Å²) in [5.74, 6) is -2.51. The normalized spacial score (nSPS) is 25.4. The highest BCUT2D eigenvalue weighted by Crippen LogP contribution is 2.21. The minimum Gasteiger partial charge on any atom is -0.478 e. The fourth-order valence-electron chi connectivity index (χ4n) is 1.75. The Morgan fingerprint density at radius 3 is 2.37 bits per heavy atom. The molecule has 0 radical (unpaired) electrons. The lowest BCUT2D eigenvalue weighted by Gasteiger charge is -2.15. The van der Waals surface area contributed by atoms with Crippen molar-refractivity contribution < 1.29 is 24.6 Å². The van der Waals surface area contributed by atoms with Crippen molar-refractivity contribution in [1.29, 1.82) is 0 Å². The van der Waals surface area contributed by atoms with Gasteiger partial charge in [0.1, 0.15) is 10.7 Å². The second-order valence-electron chi connectivity index (χ2n) is 4.03. The van der Waals surface area contributed by atoms with Crippen LogP contribution < -0.4 is 5.32 Å². The fraction of sp³-hybridized carbons (Fsp3) is 0.545. The SMILES string of the molecule is BrC1=NO[C@@H]([C@@H]2CCCN2)C1.O=C(O)/C=C/C(=O)O. The maximum Gasteiger partial charge on any atom is 0.328 e. The largest absolute Gasteiger partial charge is 0.478 e. The second-order valence-corrected chi connectivity index (χ2v) is 4.94. The average molecular weight is 335 g/mol. The fourth-order valence-corrected chi connectivity index (χ4v) is 2.16. The number of carbonyl (C=O) groups is 2. The Balaban J connectivity index is 0.000000203. The van der Waals surface area contributed by atoms with Gasteiger partial charge in [0.25, 0.3) is 0 Å². The van der Waals surface area contributed by atoms with E-state index in [9.17, 15) is 9.59 Å². The van der Waals surface area contributed by atoms with Crippen LogP contribution in [-0.4, -0.2) is 45.5 Å². The number of oxime groups is 1. The standard InChI is InChI=1S/C7H11BrN2O.C4H4O4/c8-7-4-6(11-10-7)5-2-1-3-9-5;5-3(6)1-2-4(7)8/h5-6,9H,1-4H2;1-2H,(H,5,6)(H,7,8)/b;2-1+/t5-,6+;/m0./s1. The van der Waals surface area contributed by atoms with E-state index in [0.29, 0.717) is 18.2 Å². The number of rotatable bonds is 3. The average Bonchev–Trinajstić information content (AvgIpc) is 2.97. The Labute approximate surface area is 118 Å². The van der Waals surface area contributed by atoms with Crippen LogP contribution in [0.3, 0.4) is 0 Å². The van der Waals surface area contributed by atoms with Crippen molar-refractivity contribution in [2.45, 2.75) is 31.4 Å². The van der Waals surface area contributed by atoms with Crippen LogP contribution in [0.4, 0.5) is 0 Å². The van der Waals surface area contributed by atoms with Gasteiger partial charge in [-0.05, 0) is 35.3 Å². The zero-order valence-corrected chi connectivity index (χ0v) is 11.7. The molecule has 0 amide bonds. The van der Waals surface area contributed by atoms with Gasteiger partial charge in [0.15, 0.2) is 0 Å². The topological polar surface area (TPSA) is 108 Å². The first-order valence-electron chi connectivity index (χ1n) is 5.74. The van der Waals surface area contributed by atoms with Crippen molar-refractivity contribution in [2.75, 3.05) is 6.54 Å². The molecule has 1 saturated heterocycles. The van der Waals surface area contributed by atoms with Crippen LogP contribution in [0.5, 0.6) is 0 Å². The predicted octanol–water partition coefficient (Wildman–Crippen LogP) is 0.948. The number of hydrogen-bond acceptors (Lipinski definition) is 5. The van der Waals surface area contributed by atoms with Gasteiger partial charge in [0, 0.05) is 24.6 Å². The summed E-state index contributed by atoms with van der Waals surface area (Å²) in [6.45, 7) is 1.13. The third kappa shape index (κ3) is 6.35. The van der Waals surface area contributed by atoms with Gasteiger partial charge >= 0.3 is 11.9 Å². The highest BCUT2D eigenvalue weighted by molar-refractivity contribution is 9.18. The van der Waals surface area contributed by atoms with Crippen LogP contribution in [0.15, 0.2) is 17.3 Å². The number of carboxylic acid groups (broad SMARTS) is 2. The van der Waals surface area contributed by atoms with Gasteiger partial charge in [-0.2, -0.15) is 0 Å². The van der Waals surface area contributed by atoms with Gasteiger partial charge in [-0.3, -0.25) is 0 Å². The van der Waals surface area contributed by atoms with E-state index in [1.54, 1.807) is 0 Å². The van der Waals surface area contributed by atoms with E-state index in [0.717, 1.165) is 17.6 Å². The van der Waals surface area contributed by atoms with Crippen molar-refractivity contribution >= 4 is 32.5 Å². The van der Waals surface area contributed by atoms with Crippen LogP contribution in [0.1, 0.15) is 19.3 Å². The van der Waals surface area contributed by atoms with Crippen molar-refractivity contribution in [3.63, 3.8) is 0 Å². The monoisotopic (exact) mass is 334 g/mol. The summed E-state index contributed by atoms with van der Waals surface area (Å²) >= 11 is 3.32. The number of hydrogen-bond donors (Lipinski definition) is 3. The molecule has 0 aromatic rings. The molecule has 3 N–H and O–H groups in total. The van der Waals surface area contributed by atoms with Gasteiger partial charge in [0.2, 0.25) is 0 Å². The van der Waals surface area contributed by atoms with Crippen molar-refractivity contribution in [3.8, 4) is 0 Å².